The molecule has 2 heterocycles. The van der Waals surface area contributed by atoms with Gasteiger partial charge in [0, 0.05) is 0 Å². The van der Waals surface area contributed by atoms with E-state index in [9.17, 15) is 0 Å². The van der Waals surface area contributed by atoms with Crippen LogP contribution in [0.4, 0.5) is 0 Å². The lowest BCUT2D eigenvalue weighted by Gasteiger charge is -2.15. The first kappa shape index (κ1) is 9.52. The molecule has 0 bridgehead atoms. The van der Waals surface area contributed by atoms with Gasteiger partial charge >= 0.3 is 0 Å². The summed E-state index contributed by atoms with van der Waals surface area (Å²) in [6, 6.07) is 5.81. The molecule has 0 aromatic carbocycles. The van der Waals surface area contributed by atoms with Crippen LogP contribution in [0.1, 0.15) is 19.5 Å². The lowest BCUT2D eigenvalue weighted by Crippen LogP contribution is -2.15. The van der Waals surface area contributed by atoms with Crippen LogP contribution in [0.15, 0.2) is 44.8 Å². The van der Waals surface area contributed by atoms with Gasteiger partial charge in [0.1, 0.15) is 10.1 Å². The van der Waals surface area contributed by atoms with Crippen LogP contribution < -0.4 is 0 Å². The van der Waals surface area contributed by atoms with Gasteiger partial charge in [-0.2, -0.15) is 10.2 Å². The lowest BCUT2D eigenvalue weighted by atomic mass is 9.98. The van der Waals surface area contributed by atoms with Crippen molar-refractivity contribution >= 4 is 15.9 Å². The number of halogens is 1. The van der Waals surface area contributed by atoms with Gasteiger partial charge in [-0.15, -0.1) is 0 Å². The molecule has 0 saturated carbocycles. The van der Waals surface area contributed by atoms with E-state index < -0.39 is 5.54 Å². The maximum atomic E-state index is 4.38. The first-order chi connectivity index (χ1) is 6.60. The molecule has 0 saturated heterocycles. The Bertz CT molecular complexity index is 425. The summed E-state index contributed by atoms with van der Waals surface area (Å²) in [6.45, 7) is 3.94. The average molecular weight is 252 g/mol. The summed E-state index contributed by atoms with van der Waals surface area (Å²) in [4.78, 5) is 4.38. The quantitative estimate of drug-likeness (QED) is 0.705. The van der Waals surface area contributed by atoms with Crippen LogP contribution in [0.5, 0.6) is 0 Å². The highest BCUT2D eigenvalue weighted by molar-refractivity contribution is 9.10. The first-order valence-electron chi connectivity index (χ1n) is 4.35. The number of aromatic nitrogens is 1. The van der Waals surface area contributed by atoms with Crippen molar-refractivity contribution in [3.8, 4) is 0 Å². The lowest BCUT2D eigenvalue weighted by molar-refractivity contribution is 0.597. The Morgan fingerprint density at radius 3 is 2.71 bits per heavy atom. The van der Waals surface area contributed by atoms with E-state index >= 15 is 0 Å². The normalized spacial score (nSPS) is 25.2. The standard InChI is InChI=1S/C10H10BrN3/c1-7-6-10(2,14-13-7)8-4-3-5-9(11)12-8/h3-6H,1-2H3. The molecule has 14 heavy (non-hydrogen) atoms. The first-order valence-corrected chi connectivity index (χ1v) is 5.15. The van der Waals surface area contributed by atoms with E-state index in [0.717, 1.165) is 16.0 Å². The number of pyridine rings is 1. The van der Waals surface area contributed by atoms with E-state index in [1.54, 1.807) is 0 Å². The van der Waals surface area contributed by atoms with E-state index in [2.05, 4.69) is 31.1 Å². The third kappa shape index (κ3) is 1.62. The molecule has 1 atom stereocenters. The molecule has 1 aromatic heterocycles. The van der Waals surface area contributed by atoms with Crippen molar-refractivity contribution < 1.29 is 0 Å². The van der Waals surface area contributed by atoms with Gasteiger partial charge in [0.15, 0.2) is 0 Å². The molecule has 3 nitrogen and oxygen atoms in total. The molecule has 0 N–H and O–H groups in total. The van der Waals surface area contributed by atoms with Gasteiger partial charge in [0.05, 0.1) is 11.4 Å². The van der Waals surface area contributed by atoms with Crippen LogP contribution in [-0.2, 0) is 5.54 Å². The second-order valence-electron chi connectivity index (χ2n) is 3.48. The molecular weight excluding hydrogens is 242 g/mol. The fraction of sp³-hybridized carbons (Fsp3) is 0.300. The molecule has 0 fully saturated rings. The fourth-order valence-corrected chi connectivity index (χ4v) is 1.81. The number of allylic oxidation sites excluding steroid dienone is 1. The zero-order valence-corrected chi connectivity index (χ0v) is 9.62. The van der Waals surface area contributed by atoms with Gasteiger partial charge in [-0.3, -0.25) is 0 Å². The van der Waals surface area contributed by atoms with Gasteiger partial charge in [0.2, 0.25) is 0 Å². The monoisotopic (exact) mass is 251 g/mol. The van der Waals surface area contributed by atoms with Crippen molar-refractivity contribution in [3.05, 3.63) is 40.3 Å². The minimum absolute atomic E-state index is 0.395. The Hall–Kier alpha value is -1.03. The molecule has 0 aliphatic carbocycles. The second-order valence-corrected chi connectivity index (χ2v) is 4.29. The minimum atomic E-state index is -0.395. The number of rotatable bonds is 1. The van der Waals surface area contributed by atoms with Crippen molar-refractivity contribution in [2.75, 3.05) is 0 Å². The van der Waals surface area contributed by atoms with E-state index in [1.165, 1.54) is 0 Å². The third-order valence-corrected chi connectivity index (χ3v) is 2.58. The molecule has 1 unspecified atom stereocenters. The third-order valence-electron chi connectivity index (χ3n) is 2.14. The summed E-state index contributed by atoms with van der Waals surface area (Å²) < 4.78 is 0.823. The number of hydrogen-bond acceptors (Lipinski definition) is 3. The molecule has 0 amide bonds. The van der Waals surface area contributed by atoms with Crippen molar-refractivity contribution in [3.63, 3.8) is 0 Å². The topological polar surface area (TPSA) is 37.6 Å². The molecule has 1 aromatic rings. The van der Waals surface area contributed by atoms with Crippen LogP contribution in [-0.4, -0.2) is 4.98 Å². The van der Waals surface area contributed by atoms with E-state index in [0.29, 0.717) is 0 Å². The Labute approximate surface area is 91.1 Å². The summed E-state index contributed by atoms with van der Waals surface area (Å²) in [7, 11) is 0. The number of hydrogen-bond donors (Lipinski definition) is 0. The van der Waals surface area contributed by atoms with E-state index in [1.807, 2.05) is 38.1 Å². The summed E-state index contributed by atoms with van der Waals surface area (Å²) in [6.07, 6.45) is 2.02. The van der Waals surface area contributed by atoms with Crippen LogP contribution in [0.25, 0.3) is 0 Å². The molecule has 1 aliphatic rings. The van der Waals surface area contributed by atoms with Gasteiger partial charge in [-0.05, 0) is 48.0 Å². The molecule has 2 rings (SSSR count). The van der Waals surface area contributed by atoms with Gasteiger partial charge in [-0.1, -0.05) is 6.07 Å². The average Bonchev–Trinajstić information content (AvgIpc) is 2.48. The Morgan fingerprint density at radius 1 is 1.36 bits per heavy atom. The van der Waals surface area contributed by atoms with Crippen LogP contribution in [0.2, 0.25) is 0 Å². The highest BCUT2D eigenvalue weighted by atomic mass is 79.9. The molecule has 0 radical (unpaired) electrons. The van der Waals surface area contributed by atoms with Gasteiger partial charge < -0.3 is 0 Å². The second kappa shape index (κ2) is 3.28. The summed E-state index contributed by atoms with van der Waals surface area (Å²) in [5.74, 6) is 0. The highest BCUT2D eigenvalue weighted by Crippen LogP contribution is 2.32. The maximum absolute atomic E-state index is 4.38. The van der Waals surface area contributed by atoms with Crippen LogP contribution in [0, 0.1) is 0 Å². The molecular formula is C10H10BrN3. The molecule has 1 aliphatic heterocycles. The van der Waals surface area contributed by atoms with Crippen LogP contribution in [0.3, 0.4) is 0 Å². The highest BCUT2D eigenvalue weighted by Gasteiger charge is 2.29. The maximum Gasteiger partial charge on any atom is 0.141 e. The van der Waals surface area contributed by atoms with Crippen molar-refractivity contribution in [2.24, 2.45) is 10.2 Å². The molecule has 0 spiro atoms. The largest absolute Gasteiger partial charge is 0.243 e. The van der Waals surface area contributed by atoms with Gasteiger partial charge in [-0.25, -0.2) is 4.98 Å². The van der Waals surface area contributed by atoms with E-state index in [-0.39, 0.29) is 0 Å². The molecule has 4 heteroatoms. The fourth-order valence-electron chi connectivity index (χ4n) is 1.46. The number of azo groups is 1. The minimum Gasteiger partial charge on any atom is -0.243 e. The molecule has 72 valence electrons. The zero-order valence-electron chi connectivity index (χ0n) is 8.03. The van der Waals surface area contributed by atoms with Crippen molar-refractivity contribution in [1.29, 1.82) is 0 Å². The Kier molecular flexibility index (Phi) is 2.23. The Morgan fingerprint density at radius 2 is 2.14 bits per heavy atom. The zero-order chi connectivity index (χ0) is 10.2. The smallest absolute Gasteiger partial charge is 0.141 e. The number of nitrogens with zero attached hydrogens (tertiary/aromatic N) is 3. The Balaban J connectivity index is 2.46. The van der Waals surface area contributed by atoms with Crippen molar-refractivity contribution in [2.45, 2.75) is 19.4 Å². The van der Waals surface area contributed by atoms with E-state index in [4.69, 9.17) is 0 Å². The summed E-state index contributed by atoms with van der Waals surface area (Å²) in [5.41, 5.74) is 1.45. The predicted octanol–water partition coefficient (Wildman–Crippen LogP) is 3.43. The summed E-state index contributed by atoms with van der Waals surface area (Å²) in [5, 5.41) is 8.24. The SMILES string of the molecule is CC1=CC(C)(c2cccc(Br)n2)N=N1. The van der Waals surface area contributed by atoms with Crippen molar-refractivity contribution in [1.82, 2.24) is 4.98 Å². The van der Waals surface area contributed by atoms with Gasteiger partial charge in [0.25, 0.3) is 0 Å². The predicted molar refractivity (Wildman–Crippen MR) is 57.9 cm³/mol. The summed E-state index contributed by atoms with van der Waals surface area (Å²) >= 11 is 3.34. The van der Waals surface area contributed by atoms with Crippen LogP contribution >= 0.6 is 15.9 Å².